The van der Waals surface area contributed by atoms with Crippen molar-refractivity contribution in [3.05, 3.63) is 60.3 Å². The molecule has 4 N–H and O–H groups in total. The lowest BCUT2D eigenvalue weighted by atomic mass is 10.2. The molecule has 104 valence electrons. The standard InChI is InChI=1S/C16H14N4O/c17-12-4-1-3-11(9-12)7-8-16(21)19-14-5-2-6-15-13(14)10-18-20-15/h1-10H,17H2,(H,18,20)(H,19,21)/b8-7+. The Morgan fingerprint density at radius 1 is 1.24 bits per heavy atom. The van der Waals surface area contributed by atoms with Gasteiger partial charge in [-0.3, -0.25) is 9.89 Å². The first-order valence-corrected chi connectivity index (χ1v) is 6.49. The maximum atomic E-state index is 12.0. The Morgan fingerprint density at radius 2 is 2.10 bits per heavy atom. The van der Waals surface area contributed by atoms with Crippen LogP contribution in [0.4, 0.5) is 11.4 Å². The monoisotopic (exact) mass is 278 g/mol. The van der Waals surface area contributed by atoms with Crippen molar-refractivity contribution in [3.63, 3.8) is 0 Å². The minimum absolute atomic E-state index is 0.203. The van der Waals surface area contributed by atoms with Gasteiger partial charge in [0.15, 0.2) is 0 Å². The van der Waals surface area contributed by atoms with E-state index in [-0.39, 0.29) is 5.91 Å². The highest BCUT2D eigenvalue weighted by atomic mass is 16.1. The number of nitrogens with two attached hydrogens (primary N) is 1. The van der Waals surface area contributed by atoms with Gasteiger partial charge in [0.2, 0.25) is 5.91 Å². The van der Waals surface area contributed by atoms with Crippen molar-refractivity contribution in [2.45, 2.75) is 0 Å². The Kier molecular flexibility index (Phi) is 3.39. The lowest BCUT2D eigenvalue weighted by Gasteiger charge is -2.03. The van der Waals surface area contributed by atoms with Gasteiger partial charge < -0.3 is 11.1 Å². The van der Waals surface area contributed by atoms with E-state index < -0.39 is 0 Å². The van der Waals surface area contributed by atoms with Gasteiger partial charge >= 0.3 is 0 Å². The van der Waals surface area contributed by atoms with Crippen molar-refractivity contribution < 1.29 is 4.79 Å². The summed E-state index contributed by atoms with van der Waals surface area (Å²) in [5.41, 5.74) is 8.85. The van der Waals surface area contributed by atoms with Crippen molar-refractivity contribution in [2.75, 3.05) is 11.1 Å². The van der Waals surface area contributed by atoms with Crippen LogP contribution in [0.25, 0.3) is 17.0 Å². The van der Waals surface area contributed by atoms with Crippen LogP contribution in [0.2, 0.25) is 0 Å². The Bertz CT molecular complexity index is 820. The van der Waals surface area contributed by atoms with Crippen LogP contribution in [0.3, 0.4) is 0 Å². The molecular weight excluding hydrogens is 264 g/mol. The van der Waals surface area contributed by atoms with Gasteiger partial charge in [0.1, 0.15) is 0 Å². The summed E-state index contributed by atoms with van der Waals surface area (Å²) in [6.07, 6.45) is 4.89. The number of fused-ring (bicyclic) bond motifs is 1. The molecule has 3 aromatic rings. The minimum Gasteiger partial charge on any atom is -0.399 e. The van der Waals surface area contributed by atoms with Crippen LogP contribution >= 0.6 is 0 Å². The second-order valence-corrected chi connectivity index (χ2v) is 4.63. The quantitative estimate of drug-likeness (QED) is 0.509. The summed E-state index contributed by atoms with van der Waals surface area (Å²) in [7, 11) is 0. The molecule has 0 unspecified atom stereocenters. The molecule has 1 heterocycles. The number of benzene rings is 2. The molecule has 0 aliphatic rings. The number of H-pyrrole nitrogens is 1. The van der Waals surface area contributed by atoms with Crippen LogP contribution in [-0.2, 0) is 4.79 Å². The Labute approximate surface area is 121 Å². The molecule has 1 aromatic heterocycles. The fraction of sp³-hybridized carbons (Fsp3) is 0. The van der Waals surface area contributed by atoms with Crippen molar-refractivity contribution >= 4 is 34.3 Å². The van der Waals surface area contributed by atoms with Gasteiger partial charge in [-0.2, -0.15) is 5.10 Å². The minimum atomic E-state index is -0.203. The van der Waals surface area contributed by atoms with Gasteiger partial charge in [-0.15, -0.1) is 0 Å². The van der Waals surface area contributed by atoms with Crippen LogP contribution in [0.1, 0.15) is 5.56 Å². The molecule has 0 spiro atoms. The molecule has 0 aliphatic carbocycles. The molecular formula is C16H14N4O. The van der Waals surface area contributed by atoms with E-state index in [4.69, 9.17) is 5.73 Å². The molecule has 0 saturated heterocycles. The average molecular weight is 278 g/mol. The average Bonchev–Trinajstić information content (AvgIpc) is 2.95. The number of rotatable bonds is 3. The summed E-state index contributed by atoms with van der Waals surface area (Å²) in [6, 6.07) is 12.9. The van der Waals surface area contributed by atoms with Crippen molar-refractivity contribution in [2.24, 2.45) is 0 Å². The van der Waals surface area contributed by atoms with Crippen molar-refractivity contribution in [1.29, 1.82) is 0 Å². The molecule has 5 nitrogen and oxygen atoms in total. The third-order valence-electron chi connectivity index (χ3n) is 3.08. The molecule has 0 fully saturated rings. The van der Waals surface area contributed by atoms with Crippen LogP contribution in [0, 0.1) is 0 Å². The number of carbonyl (C=O) groups is 1. The Balaban J connectivity index is 1.76. The van der Waals surface area contributed by atoms with E-state index in [0.29, 0.717) is 5.69 Å². The largest absolute Gasteiger partial charge is 0.399 e. The van der Waals surface area contributed by atoms with Crippen LogP contribution in [0.5, 0.6) is 0 Å². The first-order chi connectivity index (χ1) is 10.2. The Morgan fingerprint density at radius 3 is 2.95 bits per heavy atom. The Hall–Kier alpha value is -3.08. The first-order valence-electron chi connectivity index (χ1n) is 6.49. The normalized spacial score (nSPS) is 11.0. The number of aromatic amines is 1. The number of nitrogens with zero attached hydrogens (tertiary/aromatic N) is 1. The smallest absolute Gasteiger partial charge is 0.248 e. The predicted molar refractivity (Wildman–Crippen MR) is 84.6 cm³/mol. The van der Waals surface area contributed by atoms with Crippen LogP contribution < -0.4 is 11.1 Å². The second-order valence-electron chi connectivity index (χ2n) is 4.63. The number of anilines is 2. The van der Waals surface area contributed by atoms with Crippen LogP contribution in [0.15, 0.2) is 54.7 Å². The molecule has 3 rings (SSSR count). The van der Waals surface area contributed by atoms with E-state index >= 15 is 0 Å². The van der Waals surface area contributed by atoms with Gasteiger partial charge in [0.25, 0.3) is 0 Å². The zero-order chi connectivity index (χ0) is 14.7. The summed E-state index contributed by atoms with van der Waals surface area (Å²) in [4.78, 5) is 12.0. The summed E-state index contributed by atoms with van der Waals surface area (Å²) >= 11 is 0. The lowest BCUT2D eigenvalue weighted by molar-refractivity contribution is -0.111. The molecule has 0 bridgehead atoms. The number of amides is 1. The number of aromatic nitrogens is 2. The third-order valence-corrected chi connectivity index (χ3v) is 3.08. The van der Waals surface area contributed by atoms with Crippen LogP contribution in [-0.4, -0.2) is 16.1 Å². The molecule has 0 aliphatic heterocycles. The lowest BCUT2D eigenvalue weighted by Crippen LogP contribution is -2.07. The molecule has 1 amide bonds. The van der Waals surface area contributed by atoms with E-state index in [2.05, 4.69) is 15.5 Å². The summed E-state index contributed by atoms with van der Waals surface area (Å²) in [5.74, 6) is -0.203. The van der Waals surface area contributed by atoms with Gasteiger partial charge in [-0.1, -0.05) is 18.2 Å². The molecule has 0 saturated carbocycles. The number of nitrogen functional groups attached to an aromatic ring is 1. The number of hydrogen-bond acceptors (Lipinski definition) is 3. The van der Waals surface area contributed by atoms with E-state index in [9.17, 15) is 4.79 Å². The van der Waals surface area contributed by atoms with Gasteiger partial charge in [0.05, 0.1) is 17.4 Å². The fourth-order valence-electron chi connectivity index (χ4n) is 2.09. The summed E-state index contributed by atoms with van der Waals surface area (Å²) in [5, 5.41) is 10.5. The van der Waals surface area contributed by atoms with Crippen molar-refractivity contribution in [3.8, 4) is 0 Å². The van der Waals surface area contributed by atoms with Crippen molar-refractivity contribution in [1.82, 2.24) is 10.2 Å². The highest BCUT2D eigenvalue weighted by molar-refractivity contribution is 6.06. The molecule has 2 aromatic carbocycles. The zero-order valence-electron chi connectivity index (χ0n) is 11.2. The van der Waals surface area contributed by atoms with E-state index in [1.807, 2.05) is 30.3 Å². The summed E-state index contributed by atoms with van der Waals surface area (Å²) < 4.78 is 0. The third kappa shape index (κ3) is 2.92. The zero-order valence-corrected chi connectivity index (χ0v) is 11.2. The van der Waals surface area contributed by atoms with E-state index in [1.54, 1.807) is 24.4 Å². The number of nitrogens with one attached hydrogen (secondary N) is 2. The van der Waals surface area contributed by atoms with Gasteiger partial charge in [-0.25, -0.2) is 0 Å². The van der Waals surface area contributed by atoms with E-state index in [0.717, 1.165) is 22.2 Å². The highest BCUT2D eigenvalue weighted by Gasteiger charge is 2.04. The predicted octanol–water partition coefficient (Wildman–Crippen LogP) is 2.80. The SMILES string of the molecule is Nc1cccc(/C=C/C(=O)Nc2cccc3[nH]ncc23)c1. The molecule has 0 atom stereocenters. The number of hydrogen-bond donors (Lipinski definition) is 3. The maximum absolute atomic E-state index is 12.0. The second kappa shape index (κ2) is 5.50. The van der Waals surface area contributed by atoms with E-state index in [1.165, 1.54) is 6.08 Å². The topological polar surface area (TPSA) is 83.8 Å². The highest BCUT2D eigenvalue weighted by Crippen LogP contribution is 2.21. The van der Waals surface area contributed by atoms with Gasteiger partial charge in [-0.05, 0) is 35.9 Å². The fourth-order valence-corrected chi connectivity index (χ4v) is 2.09. The maximum Gasteiger partial charge on any atom is 0.248 e. The number of carbonyl (C=O) groups excluding carboxylic acids is 1. The molecule has 5 heteroatoms. The molecule has 21 heavy (non-hydrogen) atoms. The summed E-state index contributed by atoms with van der Waals surface area (Å²) in [6.45, 7) is 0. The van der Waals surface area contributed by atoms with Gasteiger partial charge in [0, 0.05) is 17.1 Å². The first kappa shape index (κ1) is 12.9. The molecule has 0 radical (unpaired) electrons.